The number of benzene rings is 3. The quantitative estimate of drug-likeness (QED) is 0.285. The number of nitrogens with one attached hydrogen (secondary N) is 2. The minimum absolute atomic E-state index is 0.0729. The molecule has 1 aliphatic carbocycles. The molecule has 0 aromatic heterocycles. The number of allylic oxidation sites excluding steroid dienone is 2. The zero-order chi connectivity index (χ0) is 27.8. The number of hydrogen-bond acceptors (Lipinski definition) is 3. The van der Waals surface area contributed by atoms with Gasteiger partial charge in [-0.05, 0) is 104 Å². The van der Waals surface area contributed by atoms with E-state index in [1.807, 2.05) is 38.1 Å². The second kappa shape index (κ2) is 13.1. The van der Waals surface area contributed by atoms with E-state index >= 15 is 0 Å². The molecular formula is C33H36N2O4. The Labute approximate surface area is 230 Å². The molecule has 4 rings (SSSR count). The molecule has 1 atom stereocenters. The molecule has 0 aliphatic heterocycles. The second-order valence-electron chi connectivity index (χ2n) is 10.3. The van der Waals surface area contributed by atoms with Gasteiger partial charge in [-0.1, -0.05) is 48.5 Å². The van der Waals surface area contributed by atoms with E-state index in [9.17, 15) is 14.4 Å². The van der Waals surface area contributed by atoms with Crippen molar-refractivity contribution in [3.8, 4) is 0 Å². The van der Waals surface area contributed by atoms with Gasteiger partial charge in [-0.2, -0.15) is 0 Å². The highest BCUT2D eigenvalue weighted by molar-refractivity contribution is 5.96. The molecule has 1 unspecified atom stereocenters. The van der Waals surface area contributed by atoms with Crippen LogP contribution in [0.2, 0.25) is 0 Å². The van der Waals surface area contributed by atoms with Crippen LogP contribution in [0.3, 0.4) is 0 Å². The first-order valence-electron chi connectivity index (χ1n) is 13.6. The smallest absolute Gasteiger partial charge is 0.305 e. The third-order valence-electron chi connectivity index (χ3n) is 7.06. The first-order chi connectivity index (χ1) is 18.8. The fourth-order valence-corrected chi connectivity index (χ4v) is 5.08. The Morgan fingerprint density at radius 3 is 2.21 bits per heavy atom. The van der Waals surface area contributed by atoms with Gasteiger partial charge in [-0.25, -0.2) is 0 Å². The Morgan fingerprint density at radius 1 is 0.897 bits per heavy atom. The molecule has 39 heavy (non-hydrogen) atoms. The molecule has 0 radical (unpaired) electrons. The molecule has 0 saturated carbocycles. The molecule has 0 bridgehead atoms. The van der Waals surface area contributed by atoms with Gasteiger partial charge in [0.1, 0.15) is 0 Å². The number of amides is 2. The highest BCUT2D eigenvalue weighted by Crippen LogP contribution is 2.30. The van der Waals surface area contributed by atoms with Crippen LogP contribution in [0, 0.1) is 13.8 Å². The number of carbonyl (C=O) groups excluding carboxylic acids is 2. The molecule has 0 heterocycles. The molecule has 2 amide bonds. The summed E-state index contributed by atoms with van der Waals surface area (Å²) in [6.45, 7) is 4.10. The van der Waals surface area contributed by atoms with Gasteiger partial charge in [0, 0.05) is 17.8 Å². The van der Waals surface area contributed by atoms with Crippen molar-refractivity contribution in [2.24, 2.45) is 0 Å². The van der Waals surface area contributed by atoms with Crippen molar-refractivity contribution in [2.45, 2.75) is 58.3 Å². The molecule has 0 spiro atoms. The van der Waals surface area contributed by atoms with Gasteiger partial charge < -0.3 is 15.7 Å². The summed E-state index contributed by atoms with van der Waals surface area (Å²) >= 11 is 0. The lowest BCUT2D eigenvalue weighted by Gasteiger charge is -2.19. The topological polar surface area (TPSA) is 95.5 Å². The lowest BCUT2D eigenvalue weighted by molar-refractivity contribution is -0.136. The fourth-order valence-electron chi connectivity index (χ4n) is 5.08. The van der Waals surface area contributed by atoms with Crippen LogP contribution >= 0.6 is 0 Å². The van der Waals surface area contributed by atoms with E-state index in [0.717, 1.165) is 40.8 Å². The zero-order valence-electron chi connectivity index (χ0n) is 22.6. The molecule has 6 nitrogen and oxygen atoms in total. The standard InChI is InChI=1S/C33H36N2O4/c1-22-18-23(2)20-29(19-22)35-33(39)30(27-14-12-26(13-15-27)25-6-4-3-5-7-25)21-24-8-10-28(11-9-24)32(38)34-17-16-31(36)37/h6,8-15,18-20,30H,3-5,7,16-17,21H2,1-2H3,(H,34,38)(H,35,39)(H,36,37). The molecular weight excluding hydrogens is 488 g/mol. The number of anilines is 1. The van der Waals surface area contributed by atoms with Crippen LogP contribution in [0.25, 0.3) is 5.57 Å². The van der Waals surface area contributed by atoms with Gasteiger partial charge in [-0.15, -0.1) is 0 Å². The van der Waals surface area contributed by atoms with Gasteiger partial charge >= 0.3 is 5.97 Å². The largest absolute Gasteiger partial charge is 0.481 e. The van der Waals surface area contributed by atoms with Crippen LogP contribution in [0.5, 0.6) is 0 Å². The van der Waals surface area contributed by atoms with Crippen LogP contribution in [-0.2, 0) is 16.0 Å². The highest BCUT2D eigenvalue weighted by atomic mass is 16.4. The summed E-state index contributed by atoms with van der Waals surface area (Å²) < 4.78 is 0. The molecule has 3 aromatic carbocycles. The van der Waals surface area contributed by atoms with Crippen LogP contribution in [0.4, 0.5) is 5.69 Å². The third kappa shape index (κ3) is 7.90. The minimum atomic E-state index is -0.959. The Morgan fingerprint density at radius 2 is 1.59 bits per heavy atom. The van der Waals surface area contributed by atoms with Crippen molar-refractivity contribution in [2.75, 3.05) is 11.9 Å². The van der Waals surface area contributed by atoms with Crippen molar-refractivity contribution < 1.29 is 19.5 Å². The van der Waals surface area contributed by atoms with E-state index in [1.165, 1.54) is 24.0 Å². The number of aryl methyl sites for hydroxylation is 2. The van der Waals surface area contributed by atoms with Crippen LogP contribution in [0.1, 0.15) is 76.2 Å². The van der Waals surface area contributed by atoms with Crippen LogP contribution in [0.15, 0.2) is 72.8 Å². The molecule has 3 aromatic rings. The predicted octanol–water partition coefficient (Wildman–Crippen LogP) is 6.43. The second-order valence-corrected chi connectivity index (χ2v) is 10.3. The lowest BCUT2D eigenvalue weighted by Crippen LogP contribution is -2.26. The molecule has 3 N–H and O–H groups in total. The lowest BCUT2D eigenvalue weighted by atomic mass is 9.88. The van der Waals surface area contributed by atoms with Crippen LogP contribution in [-0.4, -0.2) is 29.4 Å². The number of carboxylic acids is 1. The summed E-state index contributed by atoms with van der Waals surface area (Å²) in [7, 11) is 0. The first kappa shape index (κ1) is 27.8. The molecule has 202 valence electrons. The normalized spacial score (nSPS) is 13.7. The summed E-state index contributed by atoms with van der Waals surface area (Å²) in [5.41, 5.74) is 7.86. The van der Waals surface area contributed by atoms with E-state index in [-0.39, 0.29) is 24.8 Å². The van der Waals surface area contributed by atoms with Crippen molar-refractivity contribution in [3.05, 3.63) is 106 Å². The number of rotatable bonds is 10. The summed E-state index contributed by atoms with van der Waals surface area (Å²) in [4.78, 5) is 36.7. The predicted molar refractivity (Wildman–Crippen MR) is 155 cm³/mol. The Balaban J connectivity index is 1.54. The Bertz CT molecular complexity index is 1340. The Kier molecular flexibility index (Phi) is 9.31. The highest BCUT2D eigenvalue weighted by Gasteiger charge is 2.22. The van der Waals surface area contributed by atoms with E-state index in [4.69, 9.17) is 5.11 Å². The van der Waals surface area contributed by atoms with Gasteiger partial charge in [-0.3, -0.25) is 14.4 Å². The van der Waals surface area contributed by atoms with E-state index in [1.54, 1.807) is 12.1 Å². The van der Waals surface area contributed by atoms with Crippen molar-refractivity contribution in [3.63, 3.8) is 0 Å². The molecule has 1 aliphatic rings. The molecule has 0 saturated heterocycles. The van der Waals surface area contributed by atoms with E-state index in [0.29, 0.717) is 12.0 Å². The number of hydrogen-bond donors (Lipinski definition) is 3. The van der Waals surface area contributed by atoms with Crippen molar-refractivity contribution in [1.29, 1.82) is 0 Å². The monoisotopic (exact) mass is 524 g/mol. The maximum absolute atomic E-state index is 13.6. The summed E-state index contributed by atoms with van der Waals surface area (Å²) in [6.07, 6.45) is 7.32. The van der Waals surface area contributed by atoms with Crippen LogP contribution < -0.4 is 10.6 Å². The maximum atomic E-state index is 13.6. The SMILES string of the molecule is Cc1cc(C)cc(NC(=O)C(Cc2ccc(C(=O)NCCC(=O)O)cc2)c2ccc(C3=CCCCC3)cc2)c1. The molecule has 6 heteroatoms. The first-order valence-corrected chi connectivity index (χ1v) is 13.6. The van der Waals surface area contributed by atoms with Gasteiger partial charge in [0.25, 0.3) is 5.91 Å². The summed E-state index contributed by atoms with van der Waals surface area (Å²) in [5.74, 6) is -1.78. The fraction of sp³-hybridized carbons (Fsp3) is 0.303. The van der Waals surface area contributed by atoms with E-state index in [2.05, 4.69) is 47.0 Å². The average Bonchev–Trinajstić information content (AvgIpc) is 2.92. The van der Waals surface area contributed by atoms with Gasteiger partial charge in [0.15, 0.2) is 0 Å². The van der Waals surface area contributed by atoms with Crippen molar-refractivity contribution in [1.82, 2.24) is 5.32 Å². The average molecular weight is 525 g/mol. The zero-order valence-corrected chi connectivity index (χ0v) is 22.6. The van der Waals surface area contributed by atoms with E-state index < -0.39 is 11.9 Å². The van der Waals surface area contributed by atoms with Gasteiger partial charge in [0.05, 0.1) is 12.3 Å². The van der Waals surface area contributed by atoms with Gasteiger partial charge in [0.2, 0.25) is 5.91 Å². The Hall–Kier alpha value is -4.19. The summed E-state index contributed by atoms with van der Waals surface area (Å²) in [5, 5.41) is 14.5. The summed E-state index contributed by atoms with van der Waals surface area (Å²) in [6, 6.07) is 21.5. The number of aliphatic carboxylic acids is 1. The molecule has 0 fully saturated rings. The van der Waals surface area contributed by atoms with Crippen molar-refractivity contribution >= 4 is 29.0 Å². The maximum Gasteiger partial charge on any atom is 0.305 e. The number of carbonyl (C=O) groups is 3. The number of carboxylic acid groups (broad SMARTS) is 1. The minimum Gasteiger partial charge on any atom is -0.481 e. The third-order valence-corrected chi connectivity index (χ3v) is 7.06.